The molecule has 3 unspecified atom stereocenters. The van der Waals surface area contributed by atoms with Crippen LogP contribution in [0.5, 0.6) is 0 Å². The molecule has 9 rings (SSSR count). The first-order valence-electron chi connectivity index (χ1n) is 40.2. The van der Waals surface area contributed by atoms with Crippen LogP contribution in [0.25, 0.3) is 0 Å². The van der Waals surface area contributed by atoms with E-state index >= 15 is 42.7 Å². The Kier molecular flexibility index (Phi) is 28.9. The quantitative estimate of drug-likeness (QED) is 0.163. The molecule has 26 heteroatoms. The van der Waals surface area contributed by atoms with Crippen molar-refractivity contribution in [2.75, 3.05) is 89.2 Å². The van der Waals surface area contributed by atoms with Crippen LogP contribution in [0.15, 0.2) is 12.2 Å². The number of nitrogens with zero attached hydrogens (tertiary/aromatic N) is 9. The molecule has 0 aromatic heterocycles. The number of ether oxygens (including phenoxy) is 1. The predicted octanol–water partition coefficient (Wildman–Crippen LogP) is 6.24. The van der Waals surface area contributed by atoms with Gasteiger partial charge in [-0.3, -0.25) is 57.5 Å². The average Bonchev–Trinajstić information content (AvgIpc) is 1.52. The fraction of sp³-hybridized carbons (Fsp3) is 0.823. The second-order valence-electron chi connectivity index (χ2n) is 33.5. The van der Waals surface area contributed by atoms with E-state index in [1.807, 2.05) is 32.9 Å². The van der Waals surface area contributed by atoms with Gasteiger partial charge in [-0.1, -0.05) is 104 Å². The first kappa shape index (κ1) is 82.3. The molecule has 3 heterocycles. The van der Waals surface area contributed by atoms with Crippen molar-refractivity contribution in [2.45, 2.75) is 280 Å². The number of alkyl halides is 1. The summed E-state index contributed by atoms with van der Waals surface area (Å²) in [6.07, 6.45) is 18.0. The summed E-state index contributed by atoms with van der Waals surface area (Å²) >= 11 is 0. The Morgan fingerprint density at radius 3 is 1.88 bits per heavy atom. The summed E-state index contributed by atoms with van der Waals surface area (Å²) in [7, 11) is 12.0. The fourth-order valence-electron chi connectivity index (χ4n) is 18.6. The number of halogens is 1. The topological polar surface area (TPSA) is 279 Å². The minimum atomic E-state index is -1.51. The molecular weight excluding hydrogens is 1340 g/mol. The number of hydrogen-bond acceptors (Lipinski definition) is 13. The largest absolute Gasteiger partial charge is 0.377 e. The number of rotatable bonds is 14. The number of fused-ring (bicyclic) bond motifs is 3. The normalized spacial score (nSPS) is 33.1. The van der Waals surface area contributed by atoms with Crippen LogP contribution < -0.4 is 16.0 Å². The molecule has 3 N–H and O–H groups in total. The summed E-state index contributed by atoms with van der Waals surface area (Å²) in [6.45, 7) is 7.03. The van der Waals surface area contributed by atoms with E-state index in [9.17, 15) is 19.2 Å². The van der Waals surface area contributed by atoms with Gasteiger partial charge in [0.1, 0.15) is 60.0 Å². The lowest BCUT2D eigenvalue weighted by molar-refractivity contribution is -0.158. The van der Waals surface area contributed by atoms with Crippen LogP contribution >= 0.6 is 0 Å². The van der Waals surface area contributed by atoms with Crippen LogP contribution in [0.2, 0.25) is 0 Å². The average molecular weight is 1470 g/mol. The molecule has 6 aliphatic carbocycles. The van der Waals surface area contributed by atoms with Crippen LogP contribution in [0.1, 0.15) is 214 Å². The fourth-order valence-corrected chi connectivity index (χ4v) is 18.6. The van der Waals surface area contributed by atoms with Gasteiger partial charge in [0.2, 0.25) is 70.9 Å². The van der Waals surface area contributed by atoms with E-state index in [1.165, 1.54) is 95.6 Å². The van der Waals surface area contributed by atoms with Crippen LogP contribution in [0.3, 0.4) is 0 Å². The molecule has 1 spiro atoms. The molecule has 0 radical (unpaired) electrons. The first-order chi connectivity index (χ1) is 50.0. The second-order valence-corrected chi connectivity index (χ2v) is 33.5. The maximum Gasteiger partial charge on any atom is 0.248 e. The van der Waals surface area contributed by atoms with Gasteiger partial charge in [-0.15, -0.1) is 0 Å². The molecule has 8 fully saturated rings. The number of likely N-dealkylation sites (N-methyl/N-ethyl adjacent to an activating group) is 7. The number of nitrogens with one attached hydrogen (secondary N) is 3. The molecule has 2 saturated heterocycles. The highest BCUT2D eigenvalue weighted by atomic mass is 19.1. The van der Waals surface area contributed by atoms with Gasteiger partial charge < -0.3 is 64.8 Å². The van der Waals surface area contributed by atoms with E-state index in [0.29, 0.717) is 56.8 Å². The molecule has 6 saturated carbocycles. The van der Waals surface area contributed by atoms with Crippen molar-refractivity contribution >= 4 is 70.9 Å². The Bertz CT molecular complexity index is 3130. The Morgan fingerprint density at radius 2 is 1.26 bits per heavy atom. The van der Waals surface area contributed by atoms with Crippen molar-refractivity contribution in [3.05, 3.63) is 12.2 Å². The molecule has 105 heavy (non-hydrogen) atoms. The highest BCUT2D eigenvalue weighted by molar-refractivity contribution is 6.01. The zero-order valence-electron chi connectivity index (χ0n) is 65.3. The first-order valence-corrected chi connectivity index (χ1v) is 40.2. The minimum Gasteiger partial charge on any atom is -0.377 e. The van der Waals surface area contributed by atoms with E-state index in [-0.39, 0.29) is 94.2 Å². The molecule has 25 nitrogen and oxygen atoms in total. The highest BCUT2D eigenvalue weighted by Gasteiger charge is 2.54. The van der Waals surface area contributed by atoms with E-state index < -0.39 is 162 Å². The summed E-state index contributed by atoms with van der Waals surface area (Å²) in [5, 5.41) is 9.11. The second kappa shape index (κ2) is 36.9. The van der Waals surface area contributed by atoms with Gasteiger partial charge in [-0.25, -0.2) is 4.39 Å². The summed E-state index contributed by atoms with van der Waals surface area (Å²) in [5.41, 5.74) is -1.51. The number of amides is 12. The monoisotopic (exact) mass is 1470 g/mol. The lowest BCUT2D eigenvalue weighted by atomic mass is 9.74. The number of carbonyl (C=O) groups excluding carboxylic acids is 12. The molecule has 3 aliphatic heterocycles. The summed E-state index contributed by atoms with van der Waals surface area (Å²) in [4.78, 5) is 195. The standard InChI is InChI=1S/C79H127FN12O13/c1-13-50(4)68-76(102)86(8)48-67(95)87(9)60-27-16-15-21-40-91(75(60)101)64(43-53-30-28-49(3)29-31-53)74(100)85(7)47-65(93)81-59(37-33-52-32-36-57(54-34-35-54)58(80)41-52)72(98)92-46-56(105-14-2)44-62(92)71(97)83-79(38-22-39-79)78(104)90(12)69(55-25-19-20-26-55)77(103)89(11)63(73(99)84(5)6)45-66(94)88(10)61(70(96)82-68)42-51-23-17-18-24-51/h15-16,49-64,68-69H,13-14,17-48H2,1-12H3,(H,81,93)(H,82,96)(H,83,97)/b16-15-/t49?,50-,52?,53?,56+,57?,58?,59-,60-,61-,62-,63-,64-,68-,69-/m0/s1. The minimum absolute atomic E-state index is 0.000861. The van der Waals surface area contributed by atoms with E-state index in [1.54, 1.807) is 4.90 Å². The Balaban J connectivity index is 1.09. The molecule has 9 aliphatic rings. The van der Waals surface area contributed by atoms with E-state index in [0.717, 1.165) is 89.9 Å². The number of hydrogen-bond donors (Lipinski definition) is 3. The van der Waals surface area contributed by atoms with Gasteiger partial charge >= 0.3 is 0 Å². The Hall–Kier alpha value is -6.73. The lowest BCUT2D eigenvalue weighted by Crippen LogP contribution is -2.68. The van der Waals surface area contributed by atoms with Crippen LogP contribution in [-0.2, 0) is 62.3 Å². The van der Waals surface area contributed by atoms with E-state index in [2.05, 4.69) is 22.9 Å². The summed E-state index contributed by atoms with van der Waals surface area (Å²) in [5.74, 6) is -6.93. The molecule has 13 atom stereocenters. The predicted molar refractivity (Wildman–Crippen MR) is 394 cm³/mol. The van der Waals surface area contributed by atoms with Crippen molar-refractivity contribution in [1.82, 2.24) is 60.0 Å². The van der Waals surface area contributed by atoms with Gasteiger partial charge in [-0.05, 0) is 157 Å². The van der Waals surface area contributed by atoms with Gasteiger partial charge in [0, 0.05) is 82.5 Å². The molecule has 12 amide bonds. The van der Waals surface area contributed by atoms with Gasteiger partial charge in [-0.2, -0.15) is 0 Å². The maximum atomic E-state index is 16.0. The van der Waals surface area contributed by atoms with Crippen LogP contribution in [-0.4, -0.2) is 270 Å². The van der Waals surface area contributed by atoms with Crippen LogP contribution in [0.4, 0.5) is 4.39 Å². The smallest absolute Gasteiger partial charge is 0.248 e. The maximum absolute atomic E-state index is 16.0. The molecular formula is C79H127FN12O13. The van der Waals surface area contributed by atoms with E-state index in [4.69, 9.17) is 4.74 Å². The van der Waals surface area contributed by atoms with Gasteiger partial charge in [0.05, 0.1) is 25.6 Å². The summed E-state index contributed by atoms with van der Waals surface area (Å²) < 4.78 is 22.1. The molecule has 588 valence electrons. The Morgan fingerprint density at radius 1 is 0.619 bits per heavy atom. The highest BCUT2D eigenvalue weighted by Crippen LogP contribution is 2.47. The van der Waals surface area contributed by atoms with Crippen molar-refractivity contribution in [3.8, 4) is 0 Å². The molecule has 0 aromatic rings. The molecule has 2 bridgehead atoms. The summed E-state index contributed by atoms with van der Waals surface area (Å²) in [6, 6.07) is -9.47. The number of carbonyl (C=O) groups is 12. The SMILES string of the molecule is CCO[C@@H]1C[C@H]2C(=O)NC3(CCC3)C(=O)N(C)[C@@H](C3CCCC3)C(=O)N(C)[C@H](C(=O)N(C)C)CC(=O)N(C)[C@@H](CC3CCCC3)C(=O)N[C@@H]([C@@H](C)CC)C(=O)N(C)CC(=O)N(C)[C@H]3C/C=C\CCN(C3=O)[C@@H](CC3CCC(C)CC3)C(=O)N(C)CC(=O)N[C@@H](CCC3CCC(C4CC4)C(F)C3)C(=O)N2C1. The third-order valence-corrected chi connectivity index (χ3v) is 26.0. The van der Waals surface area contributed by atoms with Crippen molar-refractivity contribution in [2.24, 2.45) is 47.3 Å². The van der Waals surface area contributed by atoms with Gasteiger partial charge in [0.15, 0.2) is 0 Å². The molecule has 0 aromatic carbocycles. The van der Waals surface area contributed by atoms with Gasteiger partial charge in [0.25, 0.3) is 0 Å². The third-order valence-electron chi connectivity index (χ3n) is 26.0. The van der Waals surface area contributed by atoms with Crippen molar-refractivity contribution in [3.63, 3.8) is 0 Å². The zero-order chi connectivity index (χ0) is 76.3. The third kappa shape index (κ3) is 20.0. The lowest BCUT2D eigenvalue weighted by Gasteiger charge is -2.46. The van der Waals surface area contributed by atoms with Crippen molar-refractivity contribution < 1.29 is 66.7 Å². The van der Waals surface area contributed by atoms with Crippen molar-refractivity contribution in [1.29, 1.82) is 0 Å². The van der Waals surface area contributed by atoms with Crippen LogP contribution in [0, 0.1) is 47.3 Å². The Labute approximate surface area is 623 Å². The zero-order valence-corrected chi connectivity index (χ0v) is 65.3.